The van der Waals surface area contributed by atoms with Gasteiger partial charge in [-0.25, -0.2) is 13.6 Å². The van der Waals surface area contributed by atoms with Crippen LogP contribution >= 0.6 is 35.3 Å². The number of carbonyl (C=O) groups is 4. The number of thiocarbonyl (C=S) groups is 1. The molecule has 2 aromatic carbocycles. The van der Waals surface area contributed by atoms with Crippen molar-refractivity contribution in [3.05, 3.63) is 74.8 Å². The molecule has 1 aliphatic heterocycles. The molecule has 0 saturated carbocycles. The van der Waals surface area contributed by atoms with Crippen molar-refractivity contribution in [2.75, 3.05) is 5.32 Å². The maximum Gasteiger partial charge on any atom is 0.339 e. The van der Waals surface area contributed by atoms with E-state index in [-0.39, 0.29) is 33.3 Å². The molecule has 0 bridgehead atoms. The molecule has 3 aromatic rings. The summed E-state index contributed by atoms with van der Waals surface area (Å²) in [5.41, 5.74) is 6.20. The summed E-state index contributed by atoms with van der Waals surface area (Å²) >= 11 is 7.61. The molecule has 206 valence electrons. The van der Waals surface area contributed by atoms with Gasteiger partial charge in [-0.15, -0.1) is 11.3 Å². The molecule has 0 radical (unpaired) electrons. The number of nitrogens with one attached hydrogen (secondary N) is 1. The zero-order chi connectivity index (χ0) is 29.1. The Morgan fingerprint density at radius 3 is 2.48 bits per heavy atom. The van der Waals surface area contributed by atoms with Crippen molar-refractivity contribution in [1.29, 1.82) is 0 Å². The molecule has 14 heteroatoms. The van der Waals surface area contributed by atoms with Crippen molar-refractivity contribution in [2.45, 2.75) is 18.9 Å². The number of thioether (sulfide) groups is 1. The van der Waals surface area contributed by atoms with Gasteiger partial charge in [-0.3, -0.25) is 19.3 Å². The predicted octanol–water partition coefficient (Wildman–Crippen LogP) is 4.57. The van der Waals surface area contributed by atoms with Crippen LogP contribution in [-0.2, 0) is 14.4 Å². The molecule has 3 amide bonds. The number of carboxylic acids is 1. The van der Waals surface area contributed by atoms with Crippen LogP contribution in [0.25, 0.3) is 17.2 Å². The lowest BCUT2D eigenvalue weighted by atomic mass is 10.1. The van der Waals surface area contributed by atoms with E-state index in [0.29, 0.717) is 16.0 Å². The van der Waals surface area contributed by atoms with Gasteiger partial charge in [0.05, 0.1) is 10.9 Å². The number of aromatic hydroxyl groups is 1. The monoisotopic (exact) mass is 603 g/mol. The van der Waals surface area contributed by atoms with E-state index in [1.165, 1.54) is 23.5 Å². The number of phenols is 1. The highest BCUT2D eigenvalue weighted by atomic mass is 32.2. The van der Waals surface area contributed by atoms with E-state index >= 15 is 0 Å². The third-order valence-corrected chi connectivity index (χ3v) is 7.91. The van der Waals surface area contributed by atoms with E-state index in [1.54, 1.807) is 17.5 Å². The highest BCUT2D eigenvalue weighted by Crippen LogP contribution is 2.37. The Bertz CT molecular complexity index is 1590. The standard InChI is InChI=1S/C26H19F2N3O6S3/c27-18-4-1-12(6-19(18)28)13-5-16(39-11-13)10-21-24(35)31(26(38)40-21)15(8-22(29)33)9-23(34)30-14-2-3-17(25(36)37)20(32)7-14/h1-7,10-11,15,32H,8-9H2,(H2,29,33)(H,30,34)(H,36,37)/t15-/m0/s1. The Labute approximate surface area is 239 Å². The summed E-state index contributed by atoms with van der Waals surface area (Å²) in [6, 6.07) is 7.67. The van der Waals surface area contributed by atoms with E-state index in [1.807, 2.05) is 0 Å². The Kier molecular flexibility index (Phi) is 8.61. The minimum atomic E-state index is -1.34. The van der Waals surface area contributed by atoms with E-state index in [9.17, 15) is 33.1 Å². The predicted molar refractivity (Wildman–Crippen MR) is 151 cm³/mol. The van der Waals surface area contributed by atoms with Crippen molar-refractivity contribution in [1.82, 2.24) is 4.90 Å². The molecule has 2 heterocycles. The van der Waals surface area contributed by atoms with E-state index in [2.05, 4.69) is 5.32 Å². The largest absolute Gasteiger partial charge is 0.507 e. The number of amides is 3. The van der Waals surface area contributed by atoms with Gasteiger partial charge in [-0.1, -0.05) is 30.0 Å². The minimum Gasteiger partial charge on any atom is -0.507 e. The van der Waals surface area contributed by atoms with Crippen molar-refractivity contribution in [2.24, 2.45) is 5.73 Å². The van der Waals surface area contributed by atoms with Gasteiger partial charge in [-0.2, -0.15) is 0 Å². The number of nitrogens with two attached hydrogens (primary N) is 1. The maximum absolute atomic E-state index is 13.6. The summed E-state index contributed by atoms with van der Waals surface area (Å²) in [5.74, 6) is -5.79. The lowest BCUT2D eigenvalue weighted by Crippen LogP contribution is -2.43. The average Bonchev–Trinajstić information content (AvgIpc) is 3.43. The van der Waals surface area contributed by atoms with Crippen LogP contribution in [0.2, 0.25) is 0 Å². The summed E-state index contributed by atoms with van der Waals surface area (Å²) < 4.78 is 27.0. The summed E-state index contributed by atoms with van der Waals surface area (Å²) in [6.07, 6.45) is 0.834. The summed E-state index contributed by atoms with van der Waals surface area (Å²) in [4.78, 5) is 50.9. The lowest BCUT2D eigenvalue weighted by molar-refractivity contribution is -0.126. The molecule has 5 N–H and O–H groups in total. The zero-order valence-electron chi connectivity index (χ0n) is 20.2. The number of benzene rings is 2. The second-order valence-electron chi connectivity index (χ2n) is 8.53. The van der Waals surface area contributed by atoms with Gasteiger partial charge < -0.3 is 21.3 Å². The Balaban J connectivity index is 1.51. The van der Waals surface area contributed by atoms with Gasteiger partial charge in [0, 0.05) is 29.5 Å². The summed E-state index contributed by atoms with van der Waals surface area (Å²) in [6.45, 7) is 0. The van der Waals surface area contributed by atoms with Crippen LogP contribution in [-0.4, -0.2) is 49.2 Å². The zero-order valence-corrected chi connectivity index (χ0v) is 22.7. The Morgan fingerprint density at radius 2 is 1.82 bits per heavy atom. The third kappa shape index (κ3) is 6.52. The van der Waals surface area contributed by atoms with E-state index < -0.39 is 47.1 Å². The van der Waals surface area contributed by atoms with E-state index in [4.69, 9.17) is 23.1 Å². The molecule has 1 saturated heterocycles. The van der Waals surface area contributed by atoms with Crippen LogP contribution in [0, 0.1) is 11.6 Å². The smallest absolute Gasteiger partial charge is 0.339 e. The summed E-state index contributed by atoms with van der Waals surface area (Å²) in [5, 5.41) is 23.1. The first-order chi connectivity index (χ1) is 18.9. The van der Waals surface area contributed by atoms with Gasteiger partial charge >= 0.3 is 5.97 Å². The molecule has 1 fully saturated rings. The fourth-order valence-corrected chi connectivity index (χ4v) is 6.20. The molecular formula is C26H19F2N3O6S3. The van der Waals surface area contributed by atoms with Crippen LogP contribution < -0.4 is 11.1 Å². The highest BCUT2D eigenvalue weighted by Gasteiger charge is 2.38. The van der Waals surface area contributed by atoms with Crippen LogP contribution in [0.4, 0.5) is 14.5 Å². The molecular weight excluding hydrogens is 584 g/mol. The number of carbonyl (C=O) groups excluding carboxylic acids is 3. The van der Waals surface area contributed by atoms with Crippen LogP contribution in [0.1, 0.15) is 28.1 Å². The average molecular weight is 604 g/mol. The normalized spacial score (nSPS) is 14.9. The number of halogens is 2. The van der Waals surface area contributed by atoms with Gasteiger partial charge in [-0.05, 0) is 52.9 Å². The molecule has 40 heavy (non-hydrogen) atoms. The number of hydrogen-bond acceptors (Lipinski definition) is 8. The van der Waals surface area contributed by atoms with Gasteiger partial charge in [0.15, 0.2) is 11.6 Å². The minimum absolute atomic E-state index is 0.102. The maximum atomic E-state index is 13.6. The number of rotatable bonds is 9. The third-order valence-electron chi connectivity index (χ3n) is 5.70. The molecule has 9 nitrogen and oxygen atoms in total. The molecule has 1 aromatic heterocycles. The molecule has 1 aliphatic rings. The molecule has 4 rings (SSSR count). The van der Waals surface area contributed by atoms with E-state index in [0.717, 1.165) is 40.9 Å². The SMILES string of the molecule is NC(=O)C[C@@H](CC(=O)Nc1ccc(C(=O)O)c(O)c1)N1C(=O)C(=Cc2cc(-c3ccc(F)c(F)c3)cs2)SC1=S. The topological polar surface area (TPSA) is 150 Å². The second-order valence-corrected chi connectivity index (χ2v) is 11.2. The number of hydrogen-bond donors (Lipinski definition) is 4. The highest BCUT2D eigenvalue weighted by molar-refractivity contribution is 8.26. The Hall–Kier alpha value is -4.14. The van der Waals surface area contributed by atoms with Crippen molar-refractivity contribution in [3.63, 3.8) is 0 Å². The molecule has 0 aliphatic carbocycles. The first kappa shape index (κ1) is 28.9. The first-order valence-electron chi connectivity index (χ1n) is 11.4. The van der Waals surface area contributed by atoms with Crippen molar-refractivity contribution in [3.8, 4) is 16.9 Å². The van der Waals surface area contributed by atoms with Crippen LogP contribution in [0.15, 0.2) is 52.7 Å². The fourth-order valence-electron chi connectivity index (χ4n) is 3.88. The summed E-state index contributed by atoms with van der Waals surface area (Å²) in [7, 11) is 0. The second kappa shape index (κ2) is 11.9. The Morgan fingerprint density at radius 1 is 1.07 bits per heavy atom. The van der Waals surface area contributed by atoms with Crippen molar-refractivity contribution >= 4 is 75.1 Å². The first-order valence-corrected chi connectivity index (χ1v) is 13.5. The molecule has 1 atom stereocenters. The van der Waals surface area contributed by atoms with Crippen LogP contribution in [0.3, 0.4) is 0 Å². The van der Waals surface area contributed by atoms with Crippen LogP contribution in [0.5, 0.6) is 5.75 Å². The van der Waals surface area contributed by atoms with Gasteiger partial charge in [0.2, 0.25) is 11.8 Å². The number of thiophene rings is 1. The molecule has 0 spiro atoms. The number of primary amides is 1. The number of anilines is 1. The quantitative estimate of drug-likeness (QED) is 0.205. The lowest BCUT2D eigenvalue weighted by Gasteiger charge is -2.25. The fraction of sp³-hybridized carbons (Fsp3) is 0.115. The number of carboxylic acid groups (broad SMARTS) is 1. The van der Waals surface area contributed by atoms with Gasteiger partial charge in [0.25, 0.3) is 5.91 Å². The van der Waals surface area contributed by atoms with Gasteiger partial charge in [0.1, 0.15) is 15.6 Å². The van der Waals surface area contributed by atoms with Crippen molar-refractivity contribution < 1.29 is 38.2 Å². The molecule has 0 unspecified atom stereocenters. The number of nitrogens with zero attached hydrogens (tertiary/aromatic N) is 1. The number of aromatic carboxylic acids is 1.